The lowest BCUT2D eigenvalue weighted by molar-refractivity contribution is -0.121. The summed E-state index contributed by atoms with van der Waals surface area (Å²) in [5.41, 5.74) is 2.65. The smallest absolute Gasteiger partial charge is 0.227 e. The highest BCUT2D eigenvalue weighted by molar-refractivity contribution is 5.95. The topological polar surface area (TPSA) is 67.9 Å². The second kappa shape index (κ2) is 8.78. The van der Waals surface area contributed by atoms with Gasteiger partial charge in [0.05, 0.1) is 26.7 Å². The minimum atomic E-state index is -0.223. The van der Waals surface area contributed by atoms with Crippen LogP contribution in [0.5, 0.6) is 11.5 Å². The number of hydrogen-bond donors (Lipinski definition) is 1. The van der Waals surface area contributed by atoms with Gasteiger partial charge in [0.25, 0.3) is 0 Å². The standard InChI is InChI=1S/C22H26N2O4/c1-15(19-14-18(27-2)10-11-20(19)28-3)23-21(25)13-16-6-8-17(9-7-16)24-12-4-5-22(24)26/h6-11,14-15H,4-5,12-13H2,1-3H3,(H,23,25)/t15-/m0/s1. The van der Waals surface area contributed by atoms with E-state index in [4.69, 9.17) is 9.47 Å². The van der Waals surface area contributed by atoms with Crippen LogP contribution >= 0.6 is 0 Å². The van der Waals surface area contributed by atoms with Crippen molar-refractivity contribution in [2.75, 3.05) is 25.7 Å². The van der Waals surface area contributed by atoms with E-state index in [-0.39, 0.29) is 24.3 Å². The van der Waals surface area contributed by atoms with Crippen LogP contribution < -0.4 is 19.7 Å². The maximum atomic E-state index is 12.5. The molecule has 1 atom stereocenters. The molecule has 3 rings (SSSR count). The normalized spacial score (nSPS) is 14.7. The van der Waals surface area contributed by atoms with E-state index in [2.05, 4.69) is 5.32 Å². The first kappa shape index (κ1) is 19.7. The Morgan fingerprint density at radius 1 is 1.14 bits per heavy atom. The molecule has 2 amide bonds. The van der Waals surface area contributed by atoms with Crippen molar-refractivity contribution in [1.82, 2.24) is 5.32 Å². The Morgan fingerprint density at radius 3 is 2.50 bits per heavy atom. The fraction of sp³-hybridized carbons (Fsp3) is 0.364. The zero-order valence-electron chi connectivity index (χ0n) is 16.5. The summed E-state index contributed by atoms with van der Waals surface area (Å²) in [5, 5.41) is 3.01. The van der Waals surface area contributed by atoms with Gasteiger partial charge in [-0.25, -0.2) is 0 Å². The SMILES string of the molecule is COc1ccc(OC)c([C@H](C)NC(=O)Cc2ccc(N3CCCC3=O)cc2)c1. The quantitative estimate of drug-likeness (QED) is 0.798. The molecule has 0 unspecified atom stereocenters. The molecule has 6 nitrogen and oxygen atoms in total. The summed E-state index contributed by atoms with van der Waals surface area (Å²) >= 11 is 0. The van der Waals surface area contributed by atoms with Crippen LogP contribution in [-0.2, 0) is 16.0 Å². The van der Waals surface area contributed by atoms with Crippen molar-refractivity contribution in [3.05, 3.63) is 53.6 Å². The minimum Gasteiger partial charge on any atom is -0.497 e. The first-order chi connectivity index (χ1) is 13.5. The second-order valence-electron chi connectivity index (χ2n) is 6.89. The molecule has 1 heterocycles. The lowest BCUT2D eigenvalue weighted by Crippen LogP contribution is -2.28. The molecular weight excluding hydrogens is 356 g/mol. The van der Waals surface area contributed by atoms with Crippen LogP contribution in [0.1, 0.15) is 36.9 Å². The Hall–Kier alpha value is -3.02. The molecule has 1 aliphatic rings. The van der Waals surface area contributed by atoms with Gasteiger partial charge in [0.15, 0.2) is 0 Å². The van der Waals surface area contributed by atoms with Crippen LogP contribution in [0.2, 0.25) is 0 Å². The molecule has 0 aromatic heterocycles. The maximum absolute atomic E-state index is 12.5. The van der Waals surface area contributed by atoms with Gasteiger partial charge in [-0.3, -0.25) is 9.59 Å². The Bertz CT molecular complexity index is 848. The van der Waals surface area contributed by atoms with E-state index < -0.39 is 0 Å². The molecule has 28 heavy (non-hydrogen) atoms. The molecule has 1 N–H and O–H groups in total. The number of carbonyl (C=O) groups is 2. The summed E-state index contributed by atoms with van der Waals surface area (Å²) in [6.45, 7) is 2.68. The fourth-order valence-corrected chi connectivity index (χ4v) is 3.45. The minimum absolute atomic E-state index is 0.0811. The fourth-order valence-electron chi connectivity index (χ4n) is 3.45. The van der Waals surface area contributed by atoms with Crippen molar-refractivity contribution in [1.29, 1.82) is 0 Å². The van der Waals surface area contributed by atoms with E-state index >= 15 is 0 Å². The molecule has 2 aromatic rings. The Kier molecular flexibility index (Phi) is 6.19. The van der Waals surface area contributed by atoms with Gasteiger partial charge in [0.2, 0.25) is 11.8 Å². The van der Waals surface area contributed by atoms with Crippen molar-refractivity contribution in [2.45, 2.75) is 32.2 Å². The highest BCUT2D eigenvalue weighted by atomic mass is 16.5. The molecular formula is C22H26N2O4. The Balaban J connectivity index is 1.63. The number of amides is 2. The lowest BCUT2D eigenvalue weighted by atomic mass is 10.1. The Labute approximate surface area is 165 Å². The van der Waals surface area contributed by atoms with Gasteiger partial charge in [0, 0.05) is 24.2 Å². The number of rotatable bonds is 7. The second-order valence-corrected chi connectivity index (χ2v) is 6.89. The molecule has 1 aliphatic heterocycles. The third-order valence-corrected chi connectivity index (χ3v) is 4.97. The van der Waals surface area contributed by atoms with Gasteiger partial charge >= 0.3 is 0 Å². The molecule has 2 aromatic carbocycles. The number of carbonyl (C=O) groups excluding carboxylic acids is 2. The van der Waals surface area contributed by atoms with Crippen molar-refractivity contribution in [2.24, 2.45) is 0 Å². The summed E-state index contributed by atoms with van der Waals surface area (Å²) in [6.07, 6.45) is 1.77. The predicted molar refractivity (Wildman–Crippen MR) is 108 cm³/mol. The van der Waals surface area contributed by atoms with Gasteiger partial charge < -0.3 is 19.7 Å². The first-order valence-electron chi connectivity index (χ1n) is 9.42. The van der Waals surface area contributed by atoms with Crippen LogP contribution in [0.25, 0.3) is 0 Å². The van der Waals surface area contributed by atoms with Crippen LogP contribution in [-0.4, -0.2) is 32.6 Å². The zero-order valence-corrected chi connectivity index (χ0v) is 16.5. The largest absolute Gasteiger partial charge is 0.497 e. The molecule has 0 aliphatic carbocycles. The Morgan fingerprint density at radius 2 is 1.89 bits per heavy atom. The van der Waals surface area contributed by atoms with E-state index in [1.807, 2.05) is 49.4 Å². The number of ether oxygens (including phenoxy) is 2. The summed E-state index contributed by atoms with van der Waals surface area (Å²) in [6, 6.07) is 12.9. The van der Waals surface area contributed by atoms with Crippen molar-refractivity contribution in [3.8, 4) is 11.5 Å². The van der Waals surface area contributed by atoms with Crippen molar-refractivity contribution >= 4 is 17.5 Å². The van der Waals surface area contributed by atoms with Gasteiger partial charge in [-0.15, -0.1) is 0 Å². The van der Waals surface area contributed by atoms with Gasteiger partial charge in [-0.1, -0.05) is 12.1 Å². The summed E-state index contributed by atoms with van der Waals surface area (Å²) in [7, 11) is 3.21. The van der Waals surface area contributed by atoms with Gasteiger partial charge in [0.1, 0.15) is 11.5 Å². The zero-order chi connectivity index (χ0) is 20.1. The molecule has 0 saturated carbocycles. The molecule has 1 saturated heterocycles. The molecule has 148 valence electrons. The number of nitrogens with zero attached hydrogens (tertiary/aromatic N) is 1. The number of methoxy groups -OCH3 is 2. The van der Waals surface area contributed by atoms with Crippen molar-refractivity contribution in [3.63, 3.8) is 0 Å². The third-order valence-electron chi connectivity index (χ3n) is 4.97. The van der Waals surface area contributed by atoms with Crippen LogP contribution in [0.15, 0.2) is 42.5 Å². The number of nitrogens with one attached hydrogen (secondary N) is 1. The molecule has 0 bridgehead atoms. The molecule has 0 radical (unpaired) electrons. The predicted octanol–water partition coefficient (Wildman–Crippen LogP) is 3.25. The van der Waals surface area contributed by atoms with E-state index in [0.717, 1.165) is 29.8 Å². The van der Waals surface area contributed by atoms with Crippen LogP contribution in [0.4, 0.5) is 5.69 Å². The van der Waals surface area contributed by atoms with E-state index in [9.17, 15) is 9.59 Å². The maximum Gasteiger partial charge on any atom is 0.227 e. The number of hydrogen-bond acceptors (Lipinski definition) is 4. The average molecular weight is 382 g/mol. The highest BCUT2D eigenvalue weighted by Gasteiger charge is 2.21. The van der Waals surface area contributed by atoms with Crippen LogP contribution in [0, 0.1) is 0 Å². The molecule has 0 spiro atoms. The van der Waals surface area contributed by atoms with E-state index in [0.29, 0.717) is 17.9 Å². The monoisotopic (exact) mass is 382 g/mol. The third kappa shape index (κ3) is 4.44. The summed E-state index contributed by atoms with van der Waals surface area (Å²) in [5.74, 6) is 1.49. The number of benzene rings is 2. The van der Waals surface area contributed by atoms with Gasteiger partial charge in [-0.2, -0.15) is 0 Å². The van der Waals surface area contributed by atoms with Gasteiger partial charge in [-0.05, 0) is 49.2 Å². The summed E-state index contributed by atoms with van der Waals surface area (Å²) in [4.78, 5) is 26.1. The van der Waals surface area contributed by atoms with E-state index in [1.54, 1.807) is 19.1 Å². The highest BCUT2D eigenvalue weighted by Crippen LogP contribution is 2.29. The number of anilines is 1. The van der Waals surface area contributed by atoms with Crippen molar-refractivity contribution < 1.29 is 19.1 Å². The first-order valence-corrected chi connectivity index (χ1v) is 9.42. The van der Waals surface area contributed by atoms with E-state index in [1.165, 1.54) is 0 Å². The average Bonchev–Trinajstić information content (AvgIpc) is 3.13. The molecule has 1 fully saturated rings. The van der Waals surface area contributed by atoms with Crippen LogP contribution in [0.3, 0.4) is 0 Å². The lowest BCUT2D eigenvalue weighted by Gasteiger charge is -2.19. The molecule has 6 heteroatoms. The summed E-state index contributed by atoms with van der Waals surface area (Å²) < 4.78 is 10.7.